The minimum atomic E-state index is -2.83. The molecule has 0 atom stereocenters. The number of thiazole rings is 1. The van der Waals surface area contributed by atoms with Gasteiger partial charge < -0.3 is 11.1 Å². The predicted molar refractivity (Wildman–Crippen MR) is 57.2 cm³/mol. The van der Waals surface area contributed by atoms with E-state index in [2.05, 4.69) is 10.3 Å². The van der Waals surface area contributed by atoms with Gasteiger partial charge in [0, 0.05) is 11.9 Å². The number of aromatic nitrogens is 1. The number of hydrogen-bond acceptors (Lipinski definition) is 4. The van der Waals surface area contributed by atoms with Gasteiger partial charge in [-0.2, -0.15) is 0 Å². The molecule has 1 rings (SSSR count). The van der Waals surface area contributed by atoms with E-state index in [0.717, 1.165) is 17.1 Å². The van der Waals surface area contributed by atoms with Crippen molar-refractivity contribution in [1.29, 1.82) is 0 Å². The van der Waals surface area contributed by atoms with Crippen molar-refractivity contribution in [3.63, 3.8) is 0 Å². The molecule has 3 N–H and O–H groups in total. The lowest BCUT2D eigenvalue weighted by molar-refractivity contribution is 0.0115. The van der Waals surface area contributed by atoms with Crippen LogP contribution in [0.3, 0.4) is 0 Å². The summed E-state index contributed by atoms with van der Waals surface area (Å²) < 4.78 is 25.4. The quantitative estimate of drug-likeness (QED) is 0.783. The topological polar surface area (TPSA) is 50.9 Å². The molecular formula is C9H15F2N3S. The molecule has 0 saturated heterocycles. The first-order valence-electron chi connectivity index (χ1n) is 4.79. The van der Waals surface area contributed by atoms with Gasteiger partial charge >= 0.3 is 0 Å². The average Bonchev–Trinajstić information content (AvgIpc) is 2.66. The first kappa shape index (κ1) is 12.5. The van der Waals surface area contributed by atoms with Crippen LogP contribution >= 0.6 is 11.3 Å². The van der Waals surface area contributed by atoms with Crippen LogP contribution in [0.4, 0.5) is 8.78 Å². The van der Waals surface area contributed by atoms with Gasteiger partial charge in [-0.3, -0.25) is 0 Å². The van der Waals surface area contributed by atoms with Crippen molar-refractivity contribution in [2.75, 3.05) is 13.1 Å². The zero-order valence-corrected chi connectivity index (χ0v) is 9.41. The van der Waals surface area contributed by atoms with E-state index in [1.54, 1.807) is 11.3 Å². The van der Waals surface area contributed by atoms with Crippen molar-refractivity contribution in [3.8, 4) is 0 Å². The van der Waals surface area contributed by atoms with Crippen LogP contribution in [0.15, 0.2) is 5.38 Å². The third-order valence-electron chi connectivity index (χ3n) is 1.89. The molecule has 0 aliphatic carbocycles. The van der Waals surface area contributed by atoms with Crippen LogP contribution in [0, 0.1) is 0 Å². The fourth-order valence-electron chi connectivity index (χ4n) is 1.04. The van der Waals surface area contributed by atoms with Gasteiger partial charge in [-0.05, 0) is 6.42 Å². The van der Waals surface area contributed by atoms with Crippen molar-refractivity contribution >= 4 is 11.3 Å². The number of alkyl halides is 2. The van der Waals surface area contributed by atoms with E-state index in [1.165, 1.54) is 0 Å². The molecule has 1 aromatic heterocycles. The van der Waals surface area contributed by atoms with Crippen LogP contribution < -0.4 is 11.1 Å². The van der Waals surface area contributed by atoms with Crippen LogP contribution in [-0.2, 0) is 13.0 Å². The molecule has 3 nitrogen and oxygen atoms in total. The summed E-state index contributed by atoms with van der Waals surface area (Å²) in [5.74, 6) is -2.83. The summed E-state index contributed by atoms with van der Waals surface area (Å²) in [6, 6.07) is 0. The Morgan fingerprint density at radius 3 is 2.87 bits per heavy atom. The van der Waals surface area contributed by atoms with Gasteiger partial charge in [0.2, 0.25) is 0 Å². The number of rotatable bonds is 6. The van der Waals surface area contributed by atoms with Crippen molar-refractivity contribution < 1.29 is 8.78 Å². The second-order valence-corrected chi connectivity index (χ2v) is 4.19. The van der Waals surface area contributed by atoms with Crippen molar-refractivity contribution in [3.05, 3.63) is 16.1 Å². The molecule has 0 unspecified atom stereocenters. The maximum absolute atomic E-state index is 12.7. The van der Waals surface area contributed by atoms with E-state index >= 15 is 0 Å². The highest BCUT2D eigenvalue weighted by Crippen LogP contribution is 2.11. The van der Waals surface area contributed by atoms with E-state index in [0.29, 0.717) is 6.54 Å². The lowest BCUT2D eigenvalue weighted by atomic mass is 10.3. The standard InChI is InChI=1S/C9H15F2N3S/c1-2-8-14-7(4-15-8)3-13-6-9(10,11)5-12/h4,13H,2-3,5-6,12H2,1H3. The first-order valence-corrected chi connectivity index (χ1v) is 5.67. The number of nitrogens with one attached hydrogen (secondary N) is 1. The van der Waals surface area contributed by atoms with E-state index in [-0.39, 0.29) is 0 Å². The third-order valence-corrected chi connectivity index (χ3v) is 2.93. The summed E-state index contributed by atoms with van der Waals surface area (Å²) in [6.07, 6.45) is 0.879. The summed E-state index contributed by atoms with van der Waals surface area (Å²) in [4.78, 5) is 4.25. The summed E-state index contributed by atoms with van der Waals surface area (Å²) in [7, 11) is 0. The van der Waals surface area contributed by atoms with Gasteiger partial charge in [0.15, 0.2) is 0 Å². The maximum atomic E-state index is 12.7. The molecule has 0 saturated carbocycles. The van der Waals surface area contributed by atoms with Gasteiger partial charge in [0.05, 0.1) is 23.8 Å². The maximum Gasteiger partial charge on any atom is 0.272 e. The number of aryl methyl sites for hydroxylation is 1. The van der Waals surface area contributed by atoms with Gasteiger partial charge in [0.1, 0.15) is 0 Å². The molecular weight excluding hydrogens is 220 g/mol. The highest BCUT2D eigenvalue weighted by atomic mass is 32.1. The van der Waals surface area contributed by atoms with Crippen LogP contribution in [0.25, 0.3) is 0 Å². The Kier molecular flexibility index (Phi) is 4.56. The lowest BCUT2D eigenvalue weighted by Crippen LogP contribution is -2.38. The van der Waals surface area contributed by atoms with E-state index < -0.39 is 19.0 Å². The molecule has 0 aliphatic heterocycles. The van der Waals surface area contributed by atoms with Crippen molar-refractivity contribution in [2.45, 2.75) is 25.8 Å². The zero-order chi connectivity index (χ0) is 11.3. The molecule has 86 valence electrons. The average molecular weight is 235 g/mol. The highest BCUT2D eigenvalue weighted by Gasteiger charge is 2.25. The molecule has 15 heavy (non-hydrogen) atoms. The van der Waals surface area contributed by atoms with Crippen LogP contribution in [-0.4, -0.2) is 24.0 Å². The van der Waals surface area contributed by atoms with E-state index in [1.807, 2.05) is 12.3 Å². The molecule has 0 amide bonds. The van der Waals surface area contributed by atoms with E-state index in [4.69, 9.17) is 5.73 Å². The largest absolute Gasteiger partial charge is 0.325 e. The van der Waals surface area contributed by atoms with Crippen LogP contribution in [0.5, 0.6) is 0 Å². The number of halogens is 2. The normalized spacial score (nSPS) is 12.0. The summed E-state index contributed by atoms with van der Waals surface area (Å²) >= 11 is 1.55. The first-order chi connectivity index (χ1) is 7.07. The third kappa shape index (κ3) is 4.19. The van der Waals surface area contributed by atoms with E-state index in [9.17, 15) is 8.78 Å². The highest BCUT2D eigenvalue weighted by molar-refractivity contribution is 7.09. The monoisotopic (exact) mass is 235 g/mol. The Morgan fingerprint density at radius 1 is 1.60 bits per heavy atom. The Bertz CT molecular complexity index is 301. The summed E-state index contributed by atoms with van der Waals surface area (Å²) in [5.41, 5.74) is 5.72. The Morgan fingerprint density at radius 2 is 2.33 bits per heavy atom. The Balaban J connectivity index is 2.31. The molecule has 0 fully saturated rings. The zero-order valence-electron chi connectivity index (χ0n) is 8.59. The lowest BCUT2D eigenvalue weighted by Gasteiger charge is -2.13. The number of hydrogen-bond donors (Lipinski definition) is 2. The van der Waals surface area contributed by atoms with Crippen LogP contribution in [0.2, 0.25) is 0 Å². The van der Waals surface area contributed by atoms with Crippen molar-refractivity contribution in [1.82, 2.24) is 10.3 Å². The number of nitrogens with zero attached hydrogens (tertiary/aromatic N) is 1. The second-order valence-electron chi connectivity index (χ2n) is 3.25. The molecule has 0 aliphatic rings. The molecule has 6 heteroatoms. The molecule has 0 spiro atoms. The second kappa shape index (κ2) is 5.48. The van der Waals surface area contributed by atoms with Gasteiger partial charge in [-0.25, -0.2) is 13.8 Å². The summed E-state index contributed by atoms with van der Waals surface area (Å²) in [5, 5.41) is 5.55. The molecule has 0 radical (unpaired) electrons. The fourth-order valence-corrected chi connectivity index (χ4v) is 1.78. The smallest absolute Gasteiger partial charge is 0.272 e. The Labute approximate surface area is 91.7 Å². The molecule has 0 aromatic carbocycles. The SMILES string of the molecule is CCc1nc(CNCC(F)(F)CN)cs1. The van der Waals surface area contributed by atoms with Gasteiger partial charge in [0.25, 0.3) is 5.92 Å². The summed E-state index contributed by atoms with van der Waals surface area (Å²) in [6.45, 7) is 1.35. The van der Waals surface area contributed by atoms with Crippen LogP contribution in [0.1, 0.15) is 17.6 Å². The van der Waals surface area contributed by atoms with Crippen molar-refractivity contribution in [2.24, 2.45) is 5.73 Å². The minimum absolute atomic E-state index is 0.367. The molecule has 1 heterocycles. The molecule has 0 bridgehead atoms. The molecule has 1 aromatic rings. The number of nitrogens with two attached hydrogens (primary N) is 1. The predicted octanol–water partition coefficient (Wildman–Crippen LogP) is 1.39. The minimum Gasteiger partial charge on any atom is -0.325 e. The Hall–Kier alpha value is -0.590. The van der Waals surface area contributed by atoms with Gasteiger partial charge in [-0.1, -0.05) is 6.92 Å². The fraction of sp³-hybridized carbons (Fsp3) is 0.667. The van der Waals surface area contributed by atoms with Gasteiger partial charge in [-0.15, -0.1) is 11.3 Å².